The molecule has 5 heteroatoms. The molecular weight excluding hydrogens is 326 g/mol. The minimum absolute atomic E-state index is 0.229. The van der Waals surface area contributed by atoms with E-state index in [9.17, 15) is 4.79 Å². The van der Waals surface area contributed by atoms with Crippen LogP contribution in [0.25, 0.3) is 10.8 Å². The average Bonchev–Trinajstić information content (AvgIpc) is 2.68. The third kappa shape index (κ3) is 4.00. The molecular formula is C21H21N3O2. The molecule has 2 N–H and O–H groups in total. The van der Waals surface area contributed by atoms with Crippen LogP contribution in [-0.2, 0) is 4.79 Å². The maximum atomic E-state index is 12.3. The van der Waals surface area contributed by atoms with Gasteiger partial charge in [-0.2, -0.15) is 5.10 Å². The Hall–Kier alpha value is -3.34. The summed E-state index contributed by atoms with van der Waals surface area (Å²) in [6.45, 7) is 1.77. The van der Waals surface area contributed by atoms with Crippen molar-refractivity contribution in [1.29, 1.82) is 0 Å². The predicted octanol–water partition coefficient (Wildman–Crippen LogP) is 3.80. The van der Waals surface area contributed by atoms with E-state index in [1.165, 1.54) is 0 Å². The molecule has 0 aromatic heterocycles. The Morgan fingerprint density at radius 1 is 1.04 bits per heavy atom. The lowest BCUT2D eigenvalue weighted by Crippen LogP contribution is -2.35. The first-order valence-electron chi connectivity index (χ1n) is 8.39. The SMILES string of the molecule is COc1ccccc1NC(C)C(=O)NN=Cc1cccc2ccccc12. The summed E-state index contributed by atoms with van der Waals surface area (Å²) < 4.78 is 5.28. The van der Waals surface area contributed by atoms with E-state index in [0.717, 1.165) is 22.0 Å². The fourth-order valence-electron chi connectivity index (χ4n) is 2.69. The Kier molecular flexibility index (Phi) is 5.49. The Balaban J connectivity index is 1.65. The van der Waals surface area contributed by atoms with Crippen LogP contribution >= 0.6 is 0 Å². The first kappa shape index (κ1) is 17.5. The van der Waals surface area contributed by atoms with Gasteiger partial charge in [-0.25, -0.2) is 5.43 Å². The van der Waals surface area contributed by atoms with Crippen LogP contribution in [0.2, 0.25) is 0 Å². The van der Waals surface area contributed by atoms with Crippen molar-refractivity contribution in [3.05, 3.63) is 72.3 Å². The normalized spacial score (nSPS) is 12.1. The zero-order chi connectivity index (χ0) is 18.4. The van der Waals surface area contributed by atoms with E-state index in [1.807, 2.05) is 66.7 Å². The van der Waals surface area contributed by atoms with Crippen molar-refractivity contribution >= 4 is 28.6 Å². The molecule has 0 radical (unpaired) electrons. The number of carbonyl (C=O) groups is 1. The highest BCUT2D eigenvalue weighted by Crippen LogP contribution is 2.23. The highest BCUT2D eigenvalue weighted by Gasteiger charge is 2.13. The first-order valence-corrected chi connectivity index (χ1v) is 8.39. The molecule has 3 rings (SSSR count). The van der Waals surface area contributed by atoms with Gasteiger partial charge in [0.05, 0.1) is 19.0 Å². The zero-order valence-corrected chi connectivity index (χ0v) is 14.8. The van der Waals surface area contributed by atoms with E-state index < -0.39 is 6.04 Å². The fourth-order valence-corrected chi connectivity index (χ4v) is 2.69. The van der Waals surface area contributed by atoms with Crippen molar-refractivity contribution in [2.45, 2.75) is 13.0 Å². The summed E-state index contributed by atoms with van der Waals surface area (Å²) in [5.41, 5.74) is 4.29. The maximum Gasteiger partial charge on any atom is 0.262 e. The van der Waals surface area contributed by atoms with Gasteiger partial charge in [0.2, 0.25) is 0 Å². The van der Waals surface area contributed by atoms with Gasteiger partial charge in [0.1, 0.15) is 11.8 Å². The molecule has 1 atom stereocenters. The first-order chi connectivity index (χ1) is 12.7. The largest absolute Gasteiger partial charge is 0.495 e. The number of anilines is 1. The van der Waals surface area contributed by atoms with Crippen molar-refractivity contribution < 1.29 is 9.53 Å². The summed E-state index contributed by atoms with van der Waals surface area (Å²) in [4.78, 5) is 12.3. The third-order valence-electron chi connectivity index (χ3n) is 4.07. The van der Waals surface area contributed by atoms with E-state index in [-0.39, 0.29) is 5.91 Å². The smallest absolute Gasteiger partial charge is 0.262 e. The number of amides is 1. The summed E-state index contributed by atoms with van der Waals surface area (Å²) >= 11 is 0. The molecule has 0 fully saturated rings. The molecule has 26 heavy (non-hydrogen) atoms. The molecule has 0 saturated heterocycles. The summed E-state index contributed by atoms with van der Waals surface area (Å²) in [6.07, 6.45) is 1.66. The van der Waals surface area contributed by atoms with Crippen LogP contribution in [0.4, 0.5) is 5.69 Å². The summed E-state index contributed by atoms with van der Waals surface area (Å²) in [7, 11) is 1.60. The number of nitrogens with one attached hydrogen (secondary N) is 2. The average molecular weight is 347 g/mol. The Morgan fingerprint density at radius 3 is 2.62 bits per heavy atom. The molecule has 5 nitrogen and oxygen atoms in total. The number of para-hydroxylation sites is 2. The number of fused-ring (bicyclic) bond motifs is 1. The Morgan fingerprint density at radius 2 is 1.77 bits per heavy atom. The van der Waals surface area contributed by atoms with Gasteiger partial charge < -0.3 is 10.1 Å². The number of hydrogen-bond acceptors (Lipinski definition) is 4. The number of ether oxygens (including phenoxy) is 1. The zero-order valence-electron chi connectivity index (χ0n) is 14.8. The van der Waals surface area contributed by atoms with Gasteiger partial charge in [-0.3, -0.25) is 4.79 Å². The van der Waals surface area contributed by atoms with Gasteiger partial charge in [-0.05, 0) is 29.8 Å². The lowest BCUT2D eigenvalue weighted by molar-refractivity contribution is -0.121. The van der Waals surface area contributed by atoms with Crippen molar-refractivity contribution in [3.63, 3.8) is 0 Å². The van der Waals surface area contributed by atoms with Crippen molar-refractivity contribution in [2.24, 2.45) is 5.10 Å². The number of rotatable bonds is 6. The van der Waals surface area contributed by atoms with Crippen LogP contribution in [0.15, 0.2) is 71.8 Å². The Bertz CT molecular complexity index is 932. The number of nitrogens with zero attached hydrogens (tertiary/aromatic N) is 1. The fraction of sp³-hybridized carbons (Fsp3) is 0.143. The molecule has 132 valence electrons. The number of carbonyl (C=O) groups excluding carboxylic acids is 1. The van der Waals surface area contributed by atoms with E-state index in [4.69, 9.17) is 4.74 Å². The van der Waals surface area contributed by atoms with Crippen LogP contribution in [0.3, 0.4) is 0 Å². The van der Waals surface area contributed by atoms with Gasteiger partial charge in [0, 0.05) is 5.56 Å². The number of hydrogen-bond donors (Lipinski definition) is 2. The highest BCUT2D eigenvalue weighted by molar-refractivity contribution is 6.00. The molecule has 0 aliphatic rings. The second-order valence-electron chi connectivity index (χ2n) is 5.87. The number of hydrazone groups is 1. The van der Waals surface area contributed by atoms with Crippen molar-refractivity contribution in [3.8, 4) is 5.75 Å². The quantitative estimate of drug-likeness (QED) is 0.527. The lowest BCUT2D eigenvalue weighted by Gasteiger charge is -2.15. The van der Waals surface area contributed by atoms with Gasteiger partial charge in [-0.1, -0.05) is 54.6 Å². The topological polar surface area (TPSA) is 62.7 Å². The van der Waals surface area contributed by atoms with E-state index in [2.05, 4.69) is 15.8 Å². The van der Waals surface area contributed by atoms with Crippen molar-refractivity contribution in [2.75, 3.05) is 12.4 Å². The van der Waals surface area contributed by atoms with Crippen LogP contribution in [0.5, 0.6) is 5.75 Å². The lowest BCUT2D eigenvalue weighted by atomic mass is 10.1. The van der Waals surface area contributed by atoms with E-state index >= 15 is 0 Å². The second-order valence-corrected chi connectivity index (χ2v) is 5.87. The molecule has 0 spiro atoms. The van der Waals surface area contributed by atoms with Crippen LogP contribution in [0.1, 0.15) is 12.5 Å². The number of methoxy groups -OCH3 is 1. The monoisotopic (exact) mass is 347 g/mol. The highest BCUT2D eigenvalue weighted by atomic mass is 16.5. The maximum absolute atomic E-state index is 12.3. The Labute approximate surface area is 152 Å². The van der Waals surface area contributed by atoms with Gasteiger partial charge in [-0.15, -0.1) is 0 Å². The molecule has 0 aliphatic carbocycles. The van der Waals surface area contributed by atoms with Crippen LogP contribution in [0, 0.1) is 0 Å². The summed E-state index contributed by atoms with van der Waals surface area (Å²) in [5.74, 6) is 0.457. The van der Waals surface area contributed by atoms with Crippen LogP contribution < -0.4 is 15.5 Å². The molecule has 0 bridgehead atoms. The predicted molar refractivity (Wildman–Crippen MR) is 106 cm³/mol. The van der Waals surface area contributed by atoms with E-state index in [0.29, 0.717) is 5.75 Å². The molecule has 0 saturated carbocycles. The second kappa shape index (κ2) is 8.16. The number of benzene rings is 3. The molecule has 0 heterocycles. The minimum atomic E-state index is -0.462. The minimum Gasteiger partial charge on any atom is -0.495 e. The molecule has 3 aromatic carbocycles. The standard InChI is InChI=1S/C21H21N3O2/c1-15(23-19-12-5-6-13-20(19)26-2)21(25)24-22-14-17-10-7-9-16-8-3-4-11-18(16)17/h3-15,23H,1-2H3,(H,24,25). The summed E-state index contributed by atoms with van der Waals surface area (Å²) in [6, 6.07) is 21.0. The van der Waals surface area contributed by atoms with Gasteiger partial charge >= 0.3 is 0 Å². The summed E-state index contributed by atoms with van der Waals surface area (Å²) in [5, 5.41) is 9.45. The van der Waals surface area contributed by atoms with Crippen LogP contribution in [-0.4, -0.2) is 25.3 Å². The van der Waals surface area contributed by atoms with Gasteiger partial charge in [0.15, 0.2) is 0 Å². The van der Waals surface area contributed by atoms with Crippen molar-refractivity contribution in [1.82, 2.24) is 5.43 Å². The molecule has 1 unspecified atom stereocenters. The third-order valence-corrected chi connectivity index (χ3v) is 4.07. The molecule has 1 amide bonds. The van der Waals surface area contributed by atoms with E-state index in [1.54, 1.807) is 20.2 Å². The van der Waals surface area contributed by atoms with Gasteiger partial charge in [0.25, 0.3) is 5.91 Å². The molecule has 0 aliphatic heterocycles. The molecule has 3 aromatic rings.